The van der Waals surface area contributed by atoms with E-state index in [9.17, 15) is 22.8 Å². The fourth-order valence-corrected chi connectivity index (χ4v) is 2.43. The Morgan fingerprint density at radius 2 is 1.96 bits per heavy atom. The van der Waals surface area contributed by atoms with Crippen LogP contribution < -0.4 is 10.4 Å². The van der Waals surface area contributed by atoms with E-state index in [1.54, 1.807) is 6.07 Å². The fraction of sp³-hybridized carbons (Fsp3) is 0.0667. The molecule has 1 aliphatic rings. The van der Waals surface area contributed by atoms with Crippen LogP contribution in [-0.2, 0) is 15.8 Å². The van der Waals surface area contributed by atoms with Crippen LogP contribution in [0.25, 0.3) is 6.08 Å². The van der Waals surface area contributed by atoms with Gasteiger partial charge in [-0.25, -0.2) is 5.01 Å². The van der Waals surface area contributed by atoms with Gasteiger partial charge in [0, 0.05) is 0 Å². The van der Waals surface area contributed by atoms with Crippen LogP contribution in [0, 0.1) is 0 Å². The Bertz CT molecular complexity index is 858. The Hall–Kier alpha value is -2.55. The average molecular weight is 401 g/mol. The van der Waals surface area contributed by atoms with E-state index in [1.165, 1.54) is 18.4 Å². The van der Waals surface area contributed by atoms with Crippen LogP contribution in [0.4, 0.5) is 18.9 Å². The van der Waals surface area contributed by atoms with Crippen molar-refractivity contribution in [2.75, 3.05) is 5.01 Å². The van der Waals surface area contributed by atoms with Gasteiger partial charge in [0.05, 0.1) is 15.7 Å². The van der Waals surface area contributed by atoms with Crippen LogP contribution in [0.15, 0.2) is 51.1 Å². The van der Waals surface area contributed by atoms with Crippen LogP contribution in [0.5, 0.6) is 0 Å². The molecule has 1 fully saturated rings. The molecule has 0 bridgehead atoms. The van der Waals surface area contributed by atoms with Crippen molar-refractivity contribution in [1.29, 1.82) is 0 Å². The first-order chi connectivity index (χ1) is 11.3. The van der Waals surface area contributed by atoms with E-state index in [1.807, 2.05) is 0 Å². The molecular weight excluding hydrogens is 393 g/mol. The first-order valence-corrected chi connectivity index (χ1v) is 7.33. The first-order valence-electron chi connectivity index (χ1n) is 6.54. The number of benzene rings is 1. The van der Waals surface area contributed by atoms with Gasteiger partial charge in [0.1, 0.15) is 17.6 Å². The zero-order valence-corrected chi connectivity index (χ0v) is 13.3. The second kappa shape index (κ2) is 5.82. The van der Waals surface area contributed by atoms with Crippen molar-refractivity contribution in [2.24, 2.45) is 0 Å². The van der Waals surface area contributed by atoms with Crippen molar-refractivity contribution >= 4 is 39.5 Å². The standard InChI is InChI=1S/C15H8BrF3N2O3/c16-9-5-11(24-7-9)6-12-13(22)20-21(14(12)23)10-3-1-2-8(4-10)15(17,18)19/h1-7H,(H,20,22)/b12-6-. The number of hydrogen-bond acceptors (Lipinski definition) is 3. The maximum atomic E-state index is 12.8. The summed E-state index contributed by atoms with van der Waals surface area (Å²) in [5, 5.41) is 0.765. The summed E-state index contributed by atoms with van der Waals surface area (Å²) >= 11 is 3.16. The van der Waals surface area contributed by atoms with E-state index in [0.717, 1.165) is 23.2 Å². The molecule has 24 heavy (non-hydrogen) atoms. The zero-order chi connectivity index (χ0) is 17.5. The minimum Gasteiger partial charge on any atom is -0.464 e. The Labute approximate surface area is 141 Å². The number of hydrazine groups is 1. The number of carbonyl (C=O) groups is 2. The topological polar surface area (TPSA) is 62.6 Å². The third-order valence-electron chi connectivity index (χ3n) is 3.20. The van der Waals surface area contributed by atoms with Crippen LogP contribution in [-0.4, -0.2) is 11.8 Å². The molecule has 0 unspecified atom stereocenters. The number of carbonyl (C=O) groups excluding carboxylic acids is 2. The molecule has 2 amide bonds. The first kappa shape index (κ1) is 16.3. The minimum atomic E-state index is -4.55. The molecule has 9 heteroatoms. The number of hydrogen-bond donors (Lipinski definition) is 1. The zero-order valence-electron chi connectivity index (χ0n) is 11.7. The molecule has 1 aromatic carbocycles. The van der Waals surface area contributed by atoms with Crippen LogP contribution in [0.2, 0.25) is 0 Å². The number of nitrogens with zero attached hydrogens (tertiary/aromatic N) is 1. The summed E-state index contributed by atoms with van der Waals surface area (Å²) in [5.74, 6) is -1.25. The molecule has 1 aliphatic heterocycles. The van der Waals surface area contributed by atoms with E-state index in [0.29, 0.717) is 4.47 Å². The summed E-state index contributed by atoms with van der Waals surface area (Å²) in [6.45, 7) is 0. The van der Waals surface area contributed by atoms with Crippen molar-refractivity contribution in [3.8, 4) is 0 Å². The Balaban J connectivity index is 1.93. The van der Waals surface area contributed by atoms with E-state index >= 15 is 0 Å². The second-order valence-electron chi connectivity index (χ2n) is 4.85. The quantitative estimate of drug-likeness (QED) is 0.619. The van der Waals surface area contributed by atoms with Gasteiger partial charge in [-0.15, -0.1) is 0 Å². The fourth-order valence-electron chi connectivity index (χ4n) is 2.11. The molecule has 1 saturated heterocycles. The highest BCUT2D eigenvalue weighted by atomic mass is 79.9. The van der Waals surface area contributed by atoms with Crippen LogP contribution in [0.3, 0.4) is 0 Å². The normalized spacial score (nSPS) is 16.8. The molecule has 0 spiro atoms. The Morgan fingerprint density at radius 3 is 2.58 bits per heavy atom. The molecule has 5 nitrogen and oxygen atoms in total. The van der Waals surface area contributed by atoms with Crippen molar-refractivity contribution in [3.05, 3.63) is 58.0 Å². The third-order valence-corrected chi connectivity index (χ3v) is 3.61. The minimum absolute atomic E-state index is 0.0906. The summed E-state index contributed by atoms with van der Waals surface area (Å²) in [7, 11) is 0. The number of anilines is 1. The Kier molecular flexibility index (Phi) is 3.96. The molecular formula is C15H8BrF3N2O3. The van der Waals surface area contributed by atoms with Gasteiger partial charge in [0.25, 0.3) is 11.8 Å². The van der Waals surface area contributed by atoms with Crippen LogP contribution >= 0.6 is 15.9 Å². The number of rotatable bonds is 2. The lowest BCUT2D eigenvalue weighted by Crippen LogP contribution is -2.35. The van der Waals surface area contributed by atoms with Crippen molar-refractivity contribution in [2.45, 2.75) is 6.18 Å². The monoisotopic (exact) mass is 400 g/mol. The lowest BCUT2D eigenvalue weighted by molar-refractivity contribution is -0.137. The van der Waals surface area contributed by atoms with Crippen LogP contribution in [0.1, 0.15) is 11.3 Å². The van der Waals surface area contributed by atoms with Gasteiger partial charge in [0.15, 0.2) is 0 Å². The second-order valence-corrected chi connectivity index (χ2v) is 5.77. The smallest absolute Gasteiger partial charge is 0.416 e. The predicted octanol–water partition coefficient (Wildman–Crippen LogP) is 3.52. The molecule has 0 saturated carbocycles. The number of nitrogens with one attached hydrogen (secondary N) is 1. The molecule has 3 rings (SSSR count). The molecule has 1 N–H and O–H groups in total. The van der Waals surface area contributed by atoms with Crippen molar-refractivity contribution < 1.29 is 27.2 Å². The average Bonchev–Trinajstić information content (AvgIpc) is 3.05. The lowest BCUT2D eigenvalue weighted by atomic mass is 10.1. The van der Waals surface area contributed by atoms with Gasteiger partial charge < -0.3 is 4.42 Å². The van der Waals surface area contributed by atoms with Crippen molar-refractivity contribution in [3.63, 3.8) is 0 Å². The number of halogens is 4. The van der Waals surface area contributed by atoms with Gasteiger partial charge in [0.2, 0.25) is 0 Å². The summed E-state index contributed by atoms with van der Waals surface area (Å²) in [6, 6.07) is 5.65. The maximum absolute atomic E-state index is 12.8. The van der Waals surface area contributed by atoms with Crippen molar-refractivity contribution in [1.82, 2.24) is 5.43 Å². The summed E-state index contributed by atoms with van der Waals surface area (Å²) < 4.78 is 44.1. The van der Waals surface area contributed by atoms with Gasteiger partial charge in [-0.2, -0.15) is 13.2 Å². The molecule has 1 aromatic heterocycles. The molecule has 0 radical (unpaired) electrons. The number of alkyl halides is 3. The lowest BCUT2D eigenvalue weighted by Gasteiger charge is -2.16. The van der Waals surface area contributed by atoms with Gasteiger partial charge >= 0.3 is 6.18 Å². The molecule has 124 valence electrons. The highest BCUT2D eigenvalue weighted by molar-refractivity contribution is 9.10. The molecule has 2 heterocycles. The summed E-state index contributed by atoms with van der Waals surface area (Å²) in [4.78, 5) is 24.3. The molecule has 0 aliphatic carbocycles. The SMILES string of the molecule is O=C1NN(c2cccc(C(F)(F)F)c2)C(=O)/C1=C\c1cc(Br)co1. The Morgan fingerprint density at radius 1 is 1.21 bits per heavy atom. The van der Waals surface area contributed by atoms with E-state index in [-0.39, 0.29) is 17.0 Å². The van der Waals surface area contributed by atoms with Gasteiger partial charge in [-0.05, 0) is 46.3 Å². The number of amides is 2. The summed E-state index contributed by atoms with van der Waals surface area (Å²) in [6.07, 6.45) is -1.97. The maximum Gasteiger partial charge on any atom is 0.416 e. The van der Waals surface area contributed by atoms with E-state index in [2.05, 4.69) is 21.4 Å². The largest absolute Gasteiger partial charge is 0.464 e. The third kappa shape index (κ3) is 3.07. The summed E-state index contributed by atoms with van der Waals surface area (Å²) in [5.41, 5.74) is 0.978. The van der Waals surface area contributed by atoms with E-state index < -0.39 is 23.6 Å². The van der Waals surface area contributed by atoms with E-state index in [4.69, 9.17) is 4.42 Å². The highest BCUT2D eigenvalue weighted by Crippen LogP contribution is 2.32. The van der Waals surface area contributed by atoms with Gasteiger partial charge in [-0.3, -0.25) is 15.0 Å². The predicted molar refractivity (Wildman–Crippen MR) is 81.5 cm³/mol. The molecule has 2 aromatic rings. The highest BCUT2D eigenvalue weighted by Gasteiger charge is 2.36. The van der Waals surface area contributed by atoms with Gasteiger partial charge in [-0.1, -0.05) is 6.07 Å². The number of furan rings is 1. The molecule has 0 atom stereocenters.